The molecule has 2 N–H and O–H groups in total. The molecule has 2 aromatic rings. The van der Waals surface area contributed by atoms with Gasteiger partial charge in [0.2, 0.25) is 0 Å². The van der Waals surface area contributed by atoms with Gasteiger partial charge in [-0.2, -0.15) is 10.5 Å². The third-order valence-electron chi connectivity index (χ3n) is 2.79. The summed E-state index contributed by atoms with van der Waals surface area (Å²) >= 11 is 0. The van der Waals surface area contributed by atoms with Gasteiger partial charge in [-0.3, -0.25) is 0 Å². The van der Waals surface area contributed by atoms with Gasteiger partial charge in [-0.25, -0.2) is 0 Å². The number of nitrogens with zero attached hydrogens (tertiary/aromatic N) is 2. The number of hydrogen-bond donors (Lipinski definition) is 2. The third-order valence-corrected chi connectivity index (χ3v) is 2.79. The molecule has 2 aromatic carbocycles. The van der Waals surface area contributed by atoms with Crippen molar-refractivity contribution in [2.45, 2.75) is 0 Å². The van der Waals surface area contributed by atoms with Gasteiger partial charge in [0, 0.05) is 0 Å². The molecule has 0 unspecified atom stereocenters. The molecule has 20 heavy (non-hydrogen) atoms. The zero-order valence-corrected chi connectivity index (χ0v) is 10.4. The van der Waals surface area contributed by atoms with Gasteiger partial charge in [0.15, 0.2) is 0 Å². The lowest BCUT2D eigenvalue weighted by atomic mass is 9.96. The minimum absolute atomic E-state index is 0.0918. The molecule has 0 saturated heterocycles. The minimum atomic E-state index is 0.0918. The molecule has 0 amide bonds. The molecule has 0 bridgehead atoms. The smallest absolute Gasteiger partial charge is 0.115 e. The van der Waals surface area contributed by atoms with Crippen LogP contribution in [0.4, 0.5) is 0 Å². The largest absolute Gasteiger partial charge is 0.508 e. The van der Waals surface area contributed by atoms with Crippen LogP contribution in [0.5, 0.6) is 11.5 Å². The number of nitriles is 2. The first-order chi connectivity index (χ1) is 9.65. The fourth-order valence-electron chi connectivity index (χ4n) is 1.79. The lowest BCUT2D eigenvalue weighted by Crippen LogP contribution is -1.89. The van der Waals surface area contributed by atoms with Crippen LogP contribution in [-0.4, -0.2) is 10.2 Å². The van der Waals surface area contributed by atoms with Crippen LogP contribution in [0.15, 0.2) is 48.5 Å². The highest BCUT2D eigenvalue weighted by Gasteiger charge is 2.11. The van der Waals surface area contributed by atoms with Gasteiger partial charge in [0.1, 0.15) is 23.6 Å². The molecule has 0 aliphatic rings. The zero-order chi connectivity index (χ0) is 14.5. The van der Waals surface area contributed by atoms with E-state index in [-0.39, 0.29) is 22.6 Å². The third kappa shape index (κ3) is 2.60. The summed E-state index contributed by atoms with van der Waals surface area (Å²) < 4.78 is 0. The van der Waals surface area contributed by atoms with E-state index in [1.165, 1.54) is 24.3 Å². The van der Waals surface area contributed by atoms with Crippen molar-refractivity contribution < 1.29 is 10.2 Å². The Hall–Kier alpha value is -3.24. The highest BCUT2D eigenvalue weighted by Crippen LogP contribution is 2.27. The number of aromatic hydroxyl groups is 2. The number of phenols is 2. The normalized spacial score (nSPS) is 11.1. The van der Waals surface area contributed by atoms with Gasteiger partial charge in [-0.15, -0.1) is 0 Å². The number of benzene rings is 2. The molecule has 0 aliphatic heterocycles. The predicted octanol–water partition coefficient (Wildman–Crippen LogP) is 3.06. The van der Waals surface area contributed by atoms with Crippen LogP contribution >= 0.6 is 0 Å². The number of allylic oxidation sites excluding steroid dienone is 2. The molecule has 2 rings (SSSR count). The molecule has 0 radical (unpaired) electrons. The van der Waals surface area contributed by atoms with Crippen LogP contribution in [0.3, 0.4) is 0 Å². The Balaban J connectivity index is 2.60. The van der Waals surface area contributed by atoms with Crippen molar-refractivity contribution in [3.63, 3.8) is 0 Å². The van der Waals surface area contributed by atoms with Crippen LogP contribution in [0.1, 0.15) is 11.1 Å². The van der Waals surface area contributed by atoms with E-state index in [0.717, 1.165) is 0 Å². The monoisotopic (exact) mass is 262 g/mol. The standard InChI is InChI=1S/C16H10N2O2/c17-9-15(11-1-5-13(19)6-2-11)16(10-18)12-3-7-14(20)8-4-12/h1-8,19-20H. The summed E-state index contributed by atoms with van der Waals surface area (Å²) in [5.74, 6) is 0.184. The second kappa shape index (κ2) is 5.60. The van der Waals surface area contributed by atoms with E-state index in [0.29, 0.717) is 11.1 Å². The zero-order valence-electron chi connectivity index (χ0n) is 10.4. The van der Waals surface area contributed by atoms with Crippen molar-refractivity contribution in [1.29, 1.82) is 10.5 Å². The Morgan fingerprint density at radius 1 is 0.650 bits per heavy atom. The maximum Gasteiger partial charge on any atom is 0.115 e. The van der Waals surface area contributed by atoms with Crippen LogP contribution in [0.25, 0.3) is 11.1 Å². The van der Waals surface area contributed by atoms with E-state index in [9.17, 15) is 20.7 Å². The van der Waals surface area contributed by atoms with Crippen LogP contribution in [0.2, 0.25) is 0 Å². The number of phenolic OH excluding ortho intramolecular Hbond substituents is 2. The predicted molar refractivity (Wildman–Crippen MR) is 74.3 cm³/mol. The highest BCUT2D eigenvalue weighted by molar-refractivity contribution is 6.02. The van der Waals surface area contributed by atoms with Crippen molar-refractivity contribution in [3.05, 3.63) is 59.7 Å². The molecule has 4 nitrogen and oxygen atoms in total. The molecule has 96 valence electrons. The van der Waals surface area contributed by atoms with Gasteiger partial charge in [-0.1, -0.05) is 0 Å². The Kier molecular flexibility index (Phi) is 3.70. The second-order valence-corrected chi connectivity index (χ2v) is 4.07. The van der Waals surface area contributed by atoms with E-state index < -0.39 is 0 Å². The van der Waals surface area contributed by atoms with Crippen molar-refractivity contribution in [2.24, 2.45) is 0 Å². The first kappa shape index (κ1) is 13.2. The molecule has 0 atom stereocenters. The van der Waals surface area contributed by atoms with E-state index >= 15 is 0 Å². The molecular formula is C16H10N2O2. The van der Waals surface area contributed by atoms with Crippen LogP contribution in [0, 0.1) is 22.7 Å². The van der Waals surface area contributed by atoms with Gasteiger partial charge in [0.05, 0.1) is 11.1 Å². The molecule has 0 fully saturated rings. The molecule has 4 heteroatoms. The fourth-order valence-corrected chi connectivity index (χ4v) is 1.79. The van der Waals surface area contributed by atoms with Gasteiger partial charge in [-0.05, 0) is 59.7 Å². The summed E-state index contributed by atoms with van der Waals surface area (Å²) in [4.78, 5) is 0. The summed E-state index contributed by atoms with van der Waals surface area (Å²) in [6.45, 7) is 0. The first-order valence-corrected chi connectivity index (χ1v) is 5.79. The Morgan fingerprint density at radius 3 is 1.20 bits per heavy atom. The summed E-state index contributed by atoms with van der Waals surface area (Å²) in [6, 6.07) is 16.2. The molecule has 0 saturated carbocycles. The topological polar surface area (TPSA) is 88.0 Å². The maximum absolute atomic E-state index is 9.30. The fraction of sp³-hybridized carbons (Fsp3) is 0. The van der Waals surface area contributed by atoms with E-state index in [2.05, 4.69) is 0 Å². The first-order valence-electron chi connectivity index (χ1n) is 5.79. The van der Waals surface area contributed by atoms with E-state index in [1.54, 1.807) is 24.3 Å². The van der Waals surface area contributed by atoms with Gasteiger partial charge < -0.3 is 10.2 Å². The van der Waals surface area contributed by atoms with E-state index in [4.69, 9.17) is 0 Å². The van der Waals surface area contributed by atoms with Crippen LogP contribution < -0.4 is 0 Å². The minimum Gasteiger partial charge on any atom is -0.508 e. The Bertz CT molecular complexity index is 665. The quantitative estimate of drug-likeness (QED) is 0.643. The number of rotatable bonds is 2. The summed E-state index contributed by atoms with van der Waals surface area (Å²) in [6.07, 6.45) is 0. The van der Waals surface area contributed by atoms with Crippen molar-refractivity contribution in [3.8, 4) is 23.6 Å². The molecule has 0 aliphatic carbocycles. The lowest BCUT2D eigenvalue weighted by Gasteiger charge is -2.05. The van der Waals surface area contributed by atoms with Gasteiger partial charge in [0.25, 0.3) is 0 Å². The second-order valence-electron chi connectivity index (χ2n) is 4.07. The molecular weight excluding hydrogens is 252 g/mol. The van der Waals surface area contributed by atoms with Crippen molar-refractivity contribution in [2.75, 3.05) is 0 Å². The van der Waals surface area contributed by atoms with Crippen molar-refractivity contribution in [1.82, 2.24) is 0 Å². The Morgan fingerprint density at radius 2 is 0.950 bits per heavy atom. The summed E-state index contributed by atoms with van der Waals surface area (Å²) in [5.41, 5.74) is 1.54. The summed E-state index contributed by atoms with van der Waals surface area (Å²) in [5, 5.41) is 37.1. The molecule has 0 heterocycles. The molecule has 0 aromatic heterocycles. The van der Waals surface area contributed by atoms with Crippen molar-refractivity contribution >= 4 is 11.1 Å². The van der Waals surface area contributed by atoms with Crippen LogP contribution in [-0.2, 0) is 0 Å². The van der Waals surface area contributed by atoms with Gasteiger partial charge >= 0.3 is 0 Å². The SMILES string of the molecule is N#CC(=C(C#N)c1ccc(O)cc1)c1ccc(O)cc1. The average molecular weight is 262 g/mol. The highest BCUT2D eigenvalue weighted by atomic mass is 16.3. The average Bonchev–Trinajstić information content (AvgIpc) is 2.47. The molecule has 0 spiro atoms. The van der Waals surface area contributed by atoms with E-state index in [1.807, 2.05) is 12.1 Å². The summed E-state index contributed by atoms with van der Waals surface area (Å²) in [7, 11) is 0. The lowest BCUT2D eigenvalue weighted by molar-refractivity contribution is 0.474. The maximum atomic E-state index is 9.30. The number of hydrogen-bond acceptors (Lipinski definition) is 4. The Labute approximate surface area is 116 Å².